The van der Waals surface area contributed by atoms with Crippen molar-refractivity contribution in [2.75, 3.05) is 43.6 Å². The Balaban J connectivity index is 1.13. The molecule has 0 aromatic carbocycles. The second-order valence-corrected chi connectivity index (χ2v) is 11.6. The molecule has 1 amide bonds. The third-order valence-electron chi connectivity index (χ3n) is 8.97. The highest BCUT2D eigenvalue weighted by atomic mass is 16.5. The van der Waals surface area contributed by atoms with Gasteiger partial charge in [-0.05, 0) is 57.4 Å². The van der Waals surface area contributed by atoms with Gasteiger partial charge in [0.15, 0.2) is 5.82 Å². The zero-order valence-corrected chi connectivity index (χ0v) is 23.1. The largest absolute Gasteiger partial charge is 0.387 e. The topological polar surface area (TPSA) is 120 Å². The summed E-state index contributed by atoms with van der Waals surface area (Å²) in [6.07, 6.45) is 6.54. The summed E-state index contributed by atoms with van der Waals surface area (Å²) in [4.78, 5) is 38.8. The number of carbonyl (C=O) groups excluding carboxylic acids is 1. The van der Waals surface area contributed by atoms with E-state index in [1.54, 1.807) is 13.1 Å². The highest BCUT2D eigenvalue weighted by Crippen LogP contribution is 2.42. The number of amides is 1. The van der Waals surface area contributed by atoms with E-state index in [0.29, 0.717) is 62.3 Å². The number of morpholine rings is 1. The van der Waals surface area contributed by atoms with E-state index in [2.05, 4.69) is 20.1 Å². The minimum Gasteiger partial charge on any atom is -0.387 e. The number of nitrogens with zero attached hydrogens (tertiary/aromatic N) is 7. The van der Waals surface area contributed by atoms with E-state index >= 15 is 0 Å². The molecule has 7 rings (SSSR count). The van der Waals surface area contributed by atoms with Gasteiger partial charge in [0.25, 0.3) is 0 Å². The number of aromatic nitrogens is 4. The fourth-order valence-electron chi connectivity index (χ4n) is 6.70. The van der Waals surface area contributed by atoms with Crippen LogP contribution in [0.25, 0.3) is 10.9 Å². The summed E-state index contributed by atoms with van der Waals surface area (Å²) in [6.45, 7) is 4.82. The van der Waals surface area contributed by atoms with Gasteiger partial charge in [-0.15, -0.1) is 0 Å². The van der Waals surface area contributed by atoms with Gasteiger partial charge in [-0.1, -0.05) is 6.07 Å². The summed E-state index contributed by atoms with van der Waals surface area (Å²) in [5.74, 6) is 2.11. The van der Waals surface area contributed by atoms with Crippen molar-refractivity contribution in [1.82, 2.24) is 29.7 Å². The van der Waals surface area contributed by atoms with E-state index in [4.69, 9.17) is 19.7 Å². The molecular formula is C29H36N8O3. The smallest absolute Gasteiger partial charge is 0.242 e. The predicted molar refractivity (Wildman–Crippen MR) is 150 cm³/mol. The highest BCUT2D eigenvalue weighted by Gasteiger charge is 2.41. The van der Waals surface area contributed by atoms with Crippen molar-refractivity contribution in [3.63, 3.8) is 0 Å². The minimum atomic E-state index is -0.663. The van der Waals surface area contributed by atoms with Crippen molar-refractivity contribution < 1.29 is 14.6 Å². The van der Waals surface area contributed by atoms with Crippen LogP contribution in [-0.4, -0.2) is 92.2 Å². The number of pyridine rings is 2. The van der Waals surface area contributed by atoms with Gasteiger partial charge in [0, 0.05) is 55.4 Å². The van der Waals surface area contributed by atoms with Crippen LogP contribution in [0.3, 0.4) is 0 Å². The van der Waals surface area contributed by atoms with Crippen LogP contribution in [0.15, 0.2) is 24.4 Å². The SMILES string of the molecule is CC(O)c1cc2cnc(Nc3ccc4c(n3)CCN(C(=O)C3COCCN3C)C4)nc2c(N2C3CCC2CC3)n1. The lowest BCUT2D eigenvalue weighted by molar-refractivity contribution is -0.143. The number of hydrogen-bond donors (Lipinski definition) is 2. The van der Waals surface area contributed by atoms with Crippen LogP contribution >= 0.6 is 0 Å². The van der Waals surface area contributed by atoms with Gasteiger partial charge < -0.3 is 25.0 Å². The lowest BCUT2D eigenvalue weighted by atomic mass is 10.0. The number of ether oxygens (including phenoxy) is 1. The fourth-order valence-corrected chi connectivity index (χ4v) is 6.70. The van der Waals surface area contributed by atoms with Crippen LogP contribution in [0.2, 0.25) is 0 Å². The maximum Gasteiger partial charge on any atom is 0.242 e. The Kier molecular flexibility index (Phi) is 6.52. The summed E-state index contributed by atoms with van der Waals surface area (Å²) >= 11 is 0. The van der Waals surface area contributed by atoms with E-state index in [-0.39, 0.29) is 11.9 Å². The zero-order chi connectivity index (χ0) is 27.4. The van der Waals surface area contributed by atoms with E-state index in [1.807, 2.05) is 30.1 Å². The van der Waals surface area contributed by atoms with Crippen LogP contribution in [0.4, 0.5) is 17.6 Å². The normalized spacial score (nSPS) is 25.3. The third kappa shape index (κ3) is 4.55. The predicted octanol–water partition coefficient (Wildman–Crippen LogP) is 2.56. The fraction of sp³-hybridized carbons (Fsp3) is 0.552. The lowest BCUT2D eigenvalue weighted by Crippen LogP contribution is -2.54. The second kappa shape index (κ2) is 10.2. The van der Waals surface area contributed by atoms with Crippen LogP contribution in [0, 0.1) is 0 Å². The van der Waals surface area contributed by atoms with Crippen LogP contribution in [-0.2, 0) is 22.5 Å². The van der Waals surface area contributed by atoms with Gasteiger partial charge >= 0.3 is 0 Å². The minimum absolute atomic E-state index is 0.120. The third-order valence-corrected chi connectivity index (χ3v) is 8.97. The monoisotopic (exact) mass is 544 g/mol. The van der Waals surface area contributed by atoms with E-state index in [0.717, 1.165) is 34.5 Å². The Hall–Kier alpha value is -3.41. The van der Waals surface area contributed by atoms with Crippen molar-refractivity contribution in [2.45, 2.75) is 69.8 Å². The lowest BCUT2D eigenvalue weighted by Gasteiger charge is -2.37. The van der Waals surface area contributed by atoms with Gasteiger partial charge in [-0.3, -0.25) is 9.69 Å². The summed E-state index contributed by atoms with van der Waals surface area (Å²) in [6, 6.07) is 6.59. The number of nitrogens with one attached hydrogen (secondary N) is 1. The van der Waals surface area contributed by atoms with Crippen molar-refractivity contribution >= 4 is 34.4 Å². The Labute approximate surface area is 233 Å². The van der Waals surface area contributed by atoms with E-state index in [1.165, 1.54) is 25.7 Å². The molecule has 210 valence electrons. The quantitative estimate of drug-likeness (QED) is 0.496. The molecule has 4 aliphatic rings. The molecule has 0 spiro atoms. The molecule has 11 nitrogen and oxygen atoms in total. The number of rotatable bonds is 5. The molecule has 7 heterocycles. The molecule has 2 bridgehead atoms. The van der Waals surface area contributed by atoms with Crippen molar-refractivity contribution in [2.24, 2.45) is 0 Å². The molecule has 2 unspecified atom stereocenters. The van der Waals surface area contributed by atoms with Crippen LogP contribution in [0.1, 0.15) is 55.7 Å². The molecule has 3 fully saturated rings. The molecule has 4 aliphatic heterocycles. The average Bonchev–Trinajstić information content (AvgIpc) is 3.57. The van der Waals surface area contributed by atoms with E-state index < -0.39 is 6.10 Å². The van der Waals surface area contributed by atoms with Gasteiger partial charge in [0.2, 0.25) is 11.9 Å². The zero-order valence-electron chi connectivity index (χ0n) is 23.1. The van der Waals surface area contributed by atoms with E-state index in [9.17, 15) is 9.90 Å². The molecule has 2 atom stereocenters. The average molecular weight is 545 g/mol. The van der Waals surface area contributed by atoms with Gasteiger partial charge in [0.1, 0.15) is 17.4 Å². The van der Waals surface area contributed by atoms with Gasteiger partial charge in [-0.25, -0.2) is 19.9 Å². The molecule has 11 heteroatoms. The molecule has 0 aliphatic carbocycles. The van der Waals surface area contributed by atoms with Crippen LogP contribution in [0.5, 0.6) is 0 Å². The highest BCUT2D eigenvalue weighted by molar-refractivity contribution is 5.90. The van der Waals surface area contributed by atoms with Crippen molar-refractivity contribution in [3.8, 4) is 0 Å². The number of likely N-dealkylation sites (N-methyl/N-ethyl adjacent to an activating group) is 1. The van der Waals surface area contributed by atoms with Gasteiger partial charge in [0.05, 0.1) is 25.0 Å². The summed E-state index contributed by atoms with van der Waals surface area (Å²) in [7, 11) is 1.98. The first kappa shape index (κ1) is 25.6. The molecule has 3 saturated heterocycles. The second-order valence-electron chi connectivity index (χ2n) is 11.6. The Morgan fingerprint density at radius 1 is 1.12 bits per heavy atom. The molecule has 3 aromatic heterocycles. The first-order chi connectivity index (χ1) is 19.4. The van der Waals surface area contributed by atoms with Gasteiger partial charge in [-0.2, -0.15) is 0 Å². The first-order valence-corrected chi connectivity index (χ1v) is 14.4. The molecular weight excluding hydrogens is 508 g/mol. The Bertz CT molecular complexity index is 1430. The standard InChI is InChI=1S/C29H36N8O3/c1-17(38)23-13-19-14-30-29(34-26(19)27(32-23)37-20-4-5-21(37)7-6-20)33-25-8-3-18-15-36(10-9-22(18)31-25)28(39)24-16-40-12-11-35(24)2/h3,8,13-14,17,20-21,24,38H,4-7,9-12,15-16H2,1-2H3,(H,30,31,33,34). The van der Waals surface area contributed by atoms with Crippen molar-refractivity contribution in [1.29, 1.82) is 0 Å². The summed E-state index contributed by atoms with van der Waals surface area (Å²) in [5.41, 5.74) is 3.49. The number of hydrogen-bond acceptors (Lipinski definition) is 10. The Morgan fingerprint density at radius 3 is 2.67 bits per heavy atom. The number of carbonyl (C=O) groups is 1. The number of anilines is 3. The number of aliphatic hydroxyl groups is 1. The summed E-state index contributed by atoms with van der Waals surface area (Å²) in [5, 5.41) is 14.5. The number of aliphatic hydroxyl groups excluding tert-OH is 1. The van der Waals surface area contributed by atoms with Crippen LogP contribution < -0.4 is 10.2 Å². The number of fused-ring (bicyclic) bond motifs is 4. The molecule has 0 saturated carbocycles. The Morgan fingerprint density at radius 2 is 1.93 bits per heavy atom. The maximum absolute atomic E-state index is 13.1. The molecule has 2 N–H and O–H groups in total. The van der Waals surface area contributed by atoms with Crippen molar-refractivity contribution in [3.05, 3.63) is 41.3 Å². The maximum atomic E-state index is 13.1. The molecule has 40 heavy (non-hydrogen) atoms. The summed E-state index contributed by atoms with van der Waals surface area (Å²) < 4.78 is 5.56. The molecule has 0 radical (unpaired) electrons. The molecule has 3 aromatic rings. The first-order valence-electron chi connectivity index (χ1n) is 14.4.